The Hall–Kier alpha value is -2.10. The van der Waals surface area contributed by atoms with E-state index in [1.165, 1.54) is 26.3 Å². The van der Waals surface area contributed by atoms with Crippen LogP contribution >= 0.6 is 23.5 Å². The molecule has 0 spiro atoms. The molecule has 14 atom stereocenters. The highest BCUT2D eigenvalue weighted by Crippen LogP contribution is 2.45. The van der Waals surface area contributed by atoms with E-state index in [0.29, 0.717) is 19.0 Å². The van der Waals surface area contributed by atoms with Gasteiger partial charge in [-0.1, -0.05) is 6.58 Å². The van der Waals surface area contributed by atoms with E-state index in [2.05, 4.69) is 34.3 Å². The third-order valence-electron chi connectivity index (χ3n) is 11.4. The van der Waals surface area contributed by atoms with Crippen molar-refractivity contribution in [3.05, 3.63) is 36.3 Å². The molecule has 65 heavy (non-hydrogen) atoms. The second kappa shape index (κ2) is 21.7. The Morgan fingerprint density at radius 2 is 1.29 bits per heavy atom. The second-order valence-electron chi connectivity index (χ2n) is 18.0. The number of esters is 1. The van der Waals surface area contributed by atoms with Gasteiger partial charge < -0.3 is 87.9 Å². The number of likely N-dealkylation sites (N-methyl/N-ethyl adjacent to an activating group) is 2. The molecule has 7 unspecified atom stereocenters. The molecule has 0 saturated carbocycles. The molecule has 7 saturated heterocycles. The molecule has 0 bridgehead atoms. The zero-order valence-corrected chi connectivity index (χ0v) is 40.9. The van der Waals surface area contributed by atoms with Crippen molar-refractivity contribution < 1.29 is 86.9 Å². The van der Waals surface area contributed by atoms with Crippen molar-refractivity contribution in [3.63, 3.8) is 0 Å². The quantitative estimate of drug-likeness (QED) is 0.101. The van der Waals surface area contributed by atoms with E-state index in [0.717, 1.165) is 23.3 Å². The number of hydrogen-bond donors (Lipinski definition) is 6. The molecule has 7 heterocycles. The van der Waals surface area contributed by atoms with Crippen molar-refractivity contribution in [1.29, 1.82) is 0 Å². The van der Waals surface area contributed by atoms with Gasteiger partial charge in [0.1, 0.15) is 72.6 Å². The van der Waals surface area contributed by atoms with Crippen molar-refractivity contribution in [3.8, 4) is 0 Å². The van der Waals surface area contributed by atoms with Crippen LogP contribution in [0.25, 0.3) is 0 Å². The lowest BCUT2D eigenvalue weighted by atomic mass is 9.94. The first-order chi connectivity index (χ1) is 30.4. The summed E-state index contributed by atoms with van der Waals surface area (Å²) >= 11 is 2.80. The molecule has 0 aromatic carbocycles. The van der Waals surface area contributed by atoms with Crippen LogP contribution in [0, 0.1) is 0 Å². The van der Waals surface area contributed by atoms with E-state index < -0.39 is 77.2 Å². The molecule has 7 fully saturated rings. The first kappa shape index (κ1) is 53.8. The molecule has 1 amide bonds. The molecule has 7 aliphatic heterocycles. The predicted octanol–water partition coefficient (Wildman–Crippen LogP) is 0.827. The minimum atomic E-state index is -1.50. The molecular formula is C43H70N2O18S2. The van der Waals surface area contributed by atoms with Gasteiger partial charge in [-0.2, -0.15) is 11.8 Å². The van der Waals surface area contributed by atoms with Crippen molar-refractivity contribution >= 4 is 35.4 Å². The second-order valence-corrected chi connectivity index (χ2v) is 20.2. The van der Waals surface area contributed by atoms with Gasteiger partial charge >= 0.3 is 5.97 Å². The van der Waals surface area contributed by atoms with Crippen LogP contribution in [0.15, 0.2) is 36.3 Å². The normalized spacial score (nSPS) is 39.8. The van der Waals surface area contributed by atoms with E-state index in [4.69, 9.17) is 52.1 Å². The van der Waals surface area contributed by atoms with Gasteiger partial charge in [0.15, 0.2) is 40.3 Å². The Bertz CT molecular complexity index is 1710. The fourth-order valence-corrected chi connectivity index (χ4v) is 9.88. The van der Waals surface area contributed by atoms with Crippen molar-refractivity contribution in [2.75, 3.05) is 58.8 Å². The maximum Gasteiger partial charge on any atom is 0.333 e. The summed E-state index contributed by atoms with van der Waals surface area (Å²) in [5.74, 6) is -1.15. The van der Waals surface area contributed by atoms with E-state index in [-0.39, 0.29) is 54.4 Å². The van der Waals surface area contributed by atoms with Gasteiger partial charge in [0, 0.05) is 18.6 Å². The van der Waals surface area contributed by atoms with Gasteiger partial charge in [-0.15, -0.1) is 11.8 Å². The van der Waals surface area contributed by atoms with Gasteiger partial charge in [0.25, 0.3) is 0 Å². The highest BCUT2D eigenvalue weighted by atomic mass is 32.2. The number of ether oxygens (including phenoxy) is 12. The molecule has 0 radical (unpaired) electrons. The summed E-state index contributed by atoms with van der Waals surface area (Å²) in [5.41, 5.74) is 0. The minimum Gasteiger partial charge on any atom is -0.487 e. The van der Waals surface area contributed by atoms with Crippen LogP contribution in [-0.4, -0.2) is 198 Å². The summed E-state index contributed by atoms with van der Waals surface area (Å²) in [4.78, 5) is 21.8. The molecule has 372 valence electrons. The monoisotopic (exact) mass is 966 g/mol. The summed E-state index contributed by atoms with van der Waals surface area (Å²) < 4.78 is 69.5. The lowest BCUT2D eigenvalue weighted by Crippen LogP contribution is -2.63. The molecule has 7 aliphatic rings. The standard InChI is InChI=1S/C15H22O7.C15H24O5S.C13H24N2O6S/c1-14(2)18-7-9-12(20-14)13-11(21-15(3,4)22-13)8(19-9)6-10(16)17-5;1-14(2)16-8-10-12(18-14)13-11(19-15(3,4)20-13)9(17-10)6-7-21-5;1-4-13(22-6-7(14-2)12(20)15-3)11(19)10(18)9(17)8(5-16)21-13/h6,9,11-13H,7H2,1-5H3;6,10-13H,7-8H2,1-5H3;4,7-11,14,16-19H,1,5-6H2,2-3H3,(H,15,20)/t9?,11?,12-,13-;10?,11?,12-,13-;7?,8?,9-,10+,11?,13-/m111/s1. The van der Waals surface area contributed by atoms with E-state index in [1.807, 2.05) is 55.4 Å². The van der Waals surface area contributed by atoms with Gasteiger partial charge in [-0.3, -0.25) is 4.79 Å². The Balaban J connectivity index is 0.000000183. The molecular weight excluding hydrogens is 897 g/mol. The van der Waals surface area contributed by atoms with Crippen LogP contribution in [-0.2, 0) is 66.4 Å². The van der Waals surface area contributed by atoms with Crippen molar-refractivity contribution in [2.45, 2.75) is 163 Å². The topological polar surface area (TPSA) is 250 Å². The van der Waals surface area contributed by atoms with E-state index >= 15 is 0 Å². The fourth-order valence-electron chi connectivity index (χ4n) is 8.18. The largest absolute Gasteiger partial charge is 0.487 e. The maximum atomic E-state index is 11.7. The molecule has 22 heteroatoms. The summed E-state index contributed by atoms with van der Waals surface area (Å²) in [7, 11) is 4.44. The summed E-state index contributed by atoms with van der Waals surface area (Å²) in [6.07, 6.45) is -0.938. The number of nitrogens with one attached hydrogen (secondary N) is 2. The van der Waals surface area contributed by atoms with Gasteiger partial charge in [-0.05, 0) is 80.8 Å². The number of thioether (sulfide) groups is 2. The Labute approximate surface area is 389 Å². The average Bonchev–Trinajstić information content (AvgIpc) is 3.78. The lowest BCUT2D eigenvalue weighted by Gasteiger charge is -2.46. The Morgan fingerprint density at radius 1 is 0.785 bits per heavy atom. The maximum absolute atomic E-state index is 11.7. The fraction of sp³-hybridized carbons (Fsp3) is 0.814. The number of hydrogen-bond acceptors (Lipinski definition) is 21. The van der Waals surface area contributed by atoms with Crippen molar-refractivity contribution in [2.24, 2.45) is 0 Å². The summed E-state index contributed by atoms with van der Waals surface area (Å²) in [5, 5.41) is 44.5. The SMILES string of the molecule is C=C[C@]1(SCC(NC)C(=O)NC)OC(CO)[C@@H](O)[C@H](O)C1O.COC(=O)C=C1OC2COC(C)(C)O[C@H]2[C@@H]2OC(C)(C)OC12.CSCC=C1OC2COC(C)(C)O[C@H]2[C@@H]2OC(C)(C)OC12. The van der Waals surface area contributed by atoms with E-state index in [1.54, 1.807) is 18.8 Å². The predicted molar refractivity (Wildman–Crippen MR) is 236 cm³/mol. The highest BCUT2D eigenvalue weighted by Gasteiger charge is 2.59. The molecule has 0 aliphatic carbocycles. The van der Waals surface area contributed by atoms with Crippen molar-refractivity contribution in [1.82, 2.24) is 10.6 Å². The van der Waals surface area contributed by atoms with Crippen LogP contribution in [0.5, 0.6) is 0 Å². The first-order valence-electron chi connectivity index (χ1n) is 21.5. The van der Waals surface area contributed by atoms with E-state index in [9.17, 15) is 30.0 Å². The number of carbonyl (C=O) groups excluding carboxylic acids is 2. The molecule has 20 nitrogen and oxygen atoms in total. The van der Waals surface area contributed by atoms with Crippen LogP contribution in [0.3, 0.4) is 0 Å². The Kier molecular flexibility index (Phi) is 18.0. The van der Waals surface area contributed by atoms with Gasteiger partial charge in [-0.25, -0.2) is 4.79 Å². The summed E-state index contributed by atoms with van der Waals surface area (Å²) in [6.45, 7) is 19.0. The molecule has 6 N–H and O–H groups in total. The lowest BCUT2D eigenvalue weighted by molar-refractivity contribution is -0.332. The first-order valence-corrected chi connectivity index (χ1v) is 23.9. The number of carbonyl (C=O) groups is 2. The number of aliphatic hydroxyl groups excluding tert-OH is 4. The minimum absolute atomic E-state index is 0.148. The Morgan fingerprint density at radius 3 is 1.75 bits per heavy atom. The molecule has 7 rings (SSSR count). The number of fused-ring (bicyclic) bond motifs is 6. The van der Waals surface area contributed by atoms with Crippen LogP contribution in [0.2, 0.25) is 0 Å². The van der Waals surface area contributed by atoms with Crippen LogP contribution in [0.4, 0.5) is 0 Å². The van der Waals surface area contributed by atoms with Crippen LogP contribution < -0.4 is 10.6 Å². The van der Waals surface area contributed by atoms with Gasteiger partial charge in [0.2, 0.25) is 5.91 Å². The number of aliphatic hydroxyl groups is 4. The van der Waals surface area contributed by atoms with Crippen LogP contribution in [0.1, 0.15) is 55.4 Å². The smallest absolute Gasteiger partial charge is 0.333 e. The summed E-state index contributed by atoms with van der Waals surface area (Å²) in [6, 6.07) is -0.542. The number of methoxy groups -OCH3 is 1. The van der Waals surface area contributed by atoms with Gasteiger partial charge in [0.05, 0.1) is 39.0 Å². The zero-order valence-electron chi connectivity index (χ0n) is 39.3. The molecule has 0 aromatic rings. The third kappa shape index (κ3) is 12.8. The number of rotatable bonds is 10. The number of amides is 1. The average molecular weight is 967 g/mol. The third-order valence-corrected chi connectivity index (χ3v) is 13.3. The zero-order chi connectivity index (χ0) is 48.3. The molecule has 0 aromatic heterocycles. The highest BCUT2D eigenvalue weighted by molar-refractivity contribution is 8.00.